The van der Waals surface area contributed by atoms with Crippen molar-refractivity contribution in [3.05, 3.63) is 29.6 Å². The van der Waals surface area contributed by atoms with Crippen LogP contribution in [0.15, 0.2) is 18.2 Å². The molecule has 1 atom stereocenters. The molecule has 0 saturated carbocycles. The van der Waals surface area contributed by atoms with Gasteiger partial charge in [-0.15, -0.1) is 0 Å². The third-order valence-electron chi connectivity index (χ3n) is 2.28. The van der Waals surface area contributed by atoms with E-state index >= 15 is 0 Å². The predicted molar refractivity (Wildman–Crippen MR) is 57.8 cm³/mol. The van der Waals surface area contributed by atoms with Gasteiger partial charge in [0, 0.05) is 12.0 Å². The fraction of sp³-hybridized carbons (Fsp3) is 0.500. The Morgan fingerprint density at radius 1 is 1.33 bits per heavy atom. The smallest absolute Gasteiger partial charge is 0.389 e. The molecule has 0 aliphatic heterocycles. The van der Waals surface area contributed by atoms with E-state index in [0.717, 1.165) is 12.1 Å². The van der Waals surface area contributed by atoms with Crippen molar-refractivity contribution in [2.24, 2.45) is 0 Å². The van der Waals surface area contributed by atoms with Crippen LogP contribution in [-0.2, 0) is 0 Å². The summed E-state index contributed by atoms with van der Waals surface area (Å²) in [5, 5.41) is 9.39. The van der Waals surface area contributed by atoms with E-state index < -0.39 is 24.5 Å². The fourth-order valence-corrected chi connectivity index (χ4v) is 1.43. The Labute approximate surface area is 102 Å². The summed E-state index contributed by atoms with van der Waals surface area (Å²) >= 11 is 0. The van der Waals surface area contributed by atoms with Gasteiger partial charge >= 0.3 is 6.18 Å². The molecule has 0 fully saturated rings. The fourth-order valence-electron chi connectivity index (χ4n) is 1.43. The van der Waals surface area contributed by atoms with E-state index in [1.54, 1.807) is 0 Å². The Bertz CT molecular complexity index is 388. The lowest BCUT2D eigenvalue weighted by atomic mass is 10.1. The van der Waals surface area contributed by atoms with Crippen molar-refractivity contribution in [1.29, 1.82) is 0 Å². The lowest BCUT2D eigenvalue weighted by Crippen LogP contribution is -2.10. The number of aliphatic hydroxyl groups excluding tert-OH is 1. The van der Waals surface area contributed by atoms with Crippen LogP contribution in [0.1, 0.15) is 31.4 Å². The van der Waals surface area contributed by atoms with Crippen molar-refractivity contribution in [2.75, 3.05) is 6.61 Å². The predicted octanol–water partition coefficient (Wildman–Crippen LogP) is 3.60. The lowest BCUT2D eigenvalue weighted by molar-refractivity contribution is -0.136. The summed E-state index contributed by atoms with van der Waals surface area (Å²) in [6.07, 6.45) is -6.27. The molecule has 102 valence electrons. The van der Waals surface area contributed by atoms with Crippen LogP contribution in [0.4, 0.5) is 17.6 Å². The molecule has 1 N–H and O–H groups in total. The Balaban J connectivity index is 2.57. The molecule has 0 radical (unpaired) electrons. The molecule has 0 bridgehead atoms. The molecule has 18 heavy (non-hydrogen) atoms. The summed E-state index contributed by atoms with van der Waals surface area (Å²) < 4.78 is 53.7. The van der Waals surface area contributed by atoms with Gasteiger partial charge in [-0.2, -0.15) is 13.2 Å². The van der Waals surface area contributed by atoms with Crippen LogP contribution in [0.5, 0.6) is 5.75 Å². The van der Waals surface area contributed by atoms with Crippen molar-refractivity contribution in [1.82, 2.24) is 0 Å². The summed E-state index contributed by atoms with van der Waals surface area (Å²) in [5.41, 5.74) is 0.224. The number of halogens is 4. The zero-order chi connectivity index (χ0) is 13.8. The lowest BCUT2D eigenvalue weighted by Gasteiger charge is -2.14. The molecule has 0 aromatic heterocycles. The number of rotatable bonds is 5. The maximum absolute atomic E-state index is 12.9. The van der Waals surface area contributed by atoms with Gasteiger partial charge < -0.3 is 9.84 Å². The summed E-state index contributed by atoms with van der Waals surface area (Å²) in [4.78, 5) is 0. The molecule has 1 aromatic rings. The minimum Gasteiger partial charge on any atom is -0.493 e. The molecule has 1 rings (SSSR count). The van der Waals surface area contributed by atoms with Gasteiger partial charge in [0.1, 0.15) is 11.6 Å². The largest absolute Gasteiger partial charge is 0.493 e. The second kappa shape index (κ2) is 6.04. The number of aliphatic hydroxyl groups is 1. The highest BCUT2D eigenvalue weighted by Crippen LogP contribution is 2.27. The molecule has 0 saturated heterocycles. The summed E-state index contributed by atoms with van der Waals surface area (Å²) in [7, 11) is 0. The molecular weight excluding hydrogens is 252 g/mol. The first-order chi connectivity index (χ1) is 8.29. The summed E-state index contributed by atoms with van der Waals surface area (Å²) in [6.45, 7) is 1.29. The van der Waals surface area contributed by atoms with Gasteiger partial charge in [0.25, 0.3) is 0 Å². The van der Waals surface area contributed by atoms with Gasteiger partial charge in [-0.25, -0.2) is 4.39 Å². The van der Waals surface area contributed by atoms with Crippen LogP contribution in [0, 0.1) is 5.82 Å². The van der Waals surface area contributed by atoms with Crippen LogP contribution in [0.2, 0.25) is 0 Å². The standard InChI is InChI=1S/C12H14F4O2/c1-8(17)10-7-9(13)3-4-11(10)18-6-2-5-12(14,15)16/h3-4,7-8,17H,2,5-6H2,1H3/t8-/m0/s1. The highest BCUT2D eigenvalue weighted by atomic mass is 19.4. The third-order valence-corrected chi connectivity index (χ3v) is 2.28. The zero-order valence-corrected chi connectivity index (χ0v) is 9.80. The first-order valence-corrected chi connectivity index (χ1v) is 5.46. The normalized spacial score (nSPS) is 13.4. The number of ether oxygens (including phenoxy) is 1. The summed E-state index contributed by atoms with van der Waals surface area (Å²) in [5.74, 6) is -0.331. The molecule has 0 aliphatic rings. The Morgan fingerprint density at radius 3 is 2.56 bits per heavy atom. The molecular formula is C12H14F4O2. The van der Waals surface area contributed by atoms with E-state index in [9.17, 15) is 22.7 Å². The molecule has 1 aromatic carbocycles. The van der Waals surface area contributed by atoms with Crippen molar-refractivity contribution < 1.29 is 27.4 Å². The average Bonchev–Trinajstić information content (AvgIpc) is 2.24. The monoisotopic (exact) mass is 266 g/mol. The minimum atomic E-state index is -4.21. The van der Waals surface area contributed by atoms with Gasteiger partial charge in [0.05, 0.1) is 12.7 Å². The molecule has 0 spiro atoms. The van der Waals surface area contributed by atoms with Crippen molar-refractivity contribution >= 4 is 0 Å². The highest BCUT2D eigenvalue weighted by molar-refractivity contribution is 5.35. The zero-order valence-electron chi connectivity index (χ0n) is 9.80. The van der Waals surface area contributed by atoms with Crippen LogP contribution in [0.25, 0.3) is 0 Å². The van der Waals surface area contributed by atoms with Crippen LogP contribution in [0.3, 0.4) is 0 Å². The topological polar surface area (TPSA) is 29.5 Å². The Morgan fingerprint density at radius 2 is 2.00 bits per heavy atom. The van der Waals surface area contributed by atoms with E-state index in [1.807, 2.05) is 0 Å². The van der Waals surface area contributed by atoms with Crippen molar-refractivity contribution in [3.63, 3.8) is 0 Å². The number of hydrogen-bond donors (Lipinski definition) is 1. The molecule has 6 heteroatoms. The van der Waals surface area contributed by atoms with E-state index in [2.05, 4.69) is 0 Å². The van der Waals surface area contributed by atoms with E-state index in [-0.39, 0.29) is 24.3 Å². The van der Waals surface area contributed by atoms with Crippen molar-refractivity contribution in [3.8, 4) is 5.75 Å². The van der Waals surface area contributed by atoms with Gasteiger partial charge in [-0.3, -0.25) is 0 Å². The number of hydrogen-bond acceptors (Lipinski definition) is 2. The molecule has 0 heterocycles. The molecule has 0 amide bonds. The first kappa shape index (κ1) is 14.8. The van der Waals surface area contributed by atoms with Gasteiger partial charge in [0.2, 0.25) is 0 Å². The van der Waals surface area contributed by atoms with E-state index in [4.69, 9.17) is 4.74 Å². The summed E-state index contributed by atoms with van der Waals surface area (Å²) in [6, 6.07) is 3.53. The van der Waals surface area contributed by atoms with E-state index in [1.165, 1.54) is 13.0 Å². The maximum Gasteiger partial charge on any atom is 0.389 e. The number of alkyl halides is 3. The van der Waals surface area contributed by atoms with Crippen LogP contribution >= 0.6 is 0 Å². The molecule has 2 nitrogen and oxygen atoms in total. The van der Waals surface area contributed by atoms with Crippen LogP contribution in [-0.4, -0.2) is 17.9 Å². The first-order valence-electron chi connectivity index (χ1n) is 5.46. The molecule has 0 unspecified atom stereocenters. The van der Waals surface area contributed by atoms with Gasteiger partial charge in [0.15, 0.2) is 0 Å². The minimum absolute atomic E-state index is 0.134. The Hall–Kier alpha value is -1.30. The second-order valence-electron chi connectivity index (χ2n) is 3.93. The van der Waals surface area contributed by atoms with Crippen molar-refractivity contribution in [2.45, 2.75) is 32.0 Å². The highest BCUT2D eigenvalue weighted by Gasteiger charge is 2.26. The van der Waals surface area contributed by atoms with E-state index in [0.29, 0.717) is 0 Å². The van der Waals surface area contributed by atoms with Crippen LogP contribution < -0.4 is 4.74 Å². The quantitative estimate of drug-likeness (QED) is 0.651. The molecule has 0 aliphatic carbocycles. The Kier molecular flexibility index (Phi) is 4.95. The SMILES string of the molecule is C[C@H](O)c1cc(F)ccc1OCCCC(F)(F)F. The number of benzene rings is 1. The maximum atomic E-state index is 12.9. The second-order valence-corrected chi connectivity index (χ2v) is 3.93. The average molecular weight is 266 g/mol. The van der Waals surface area contributed by atoms with Gasteiger partial charge in [-0.05, 0) is 31.5 Å². The third kappa shape index (κ3) is 4.91. The van der Waals surface area contributed by atoms with Gasteiger partial charge in [-0.1, -0.05) is 0 Å².